The molecule has 1 aromatic heterocycles. The molecule has 0 spiro atoms. The van der Waals surface area contributed by atoms with E-state index in [1.54, 1.807) is 0 Å². The molecule has 0 saturated heterocycles. The lowest BCUT2D eigenvalue weighted by Gasteiger charge is -2.12. The number of nitrogens with one attached hydrogen (secondary N) is 1. The van der Waals surface area contributed by atoms with Gasteiger partial charge in [-0.25, -0.2) is 0 Å². The van der Waals surface area contributed by atoms with Gasteiger partial charge in [0.15, 0.2) is 11.0 Å². The van der Waals surface area contributed by atoms with Crippen LogP contribution < -0.4 is 10.1 Å². The molecule has 1 N–H and O–H groups in total. The van der Waals surface area contributed by atoms with Gasteiger partial charge in [-0.05, 0) is 45.7 Å². The Morgan fingerprint density at radius 2 is 1.90 bits per heavy atom. The van der Waals surface area contributed by atoms with Crippen molar-refractivity contribution in [2.75, 3.05) is 5.32 Å². The summed E-state index contributed by atoms with van der Waals surface area (Å²) >= 11 is 14.3. The van der Waals surface area contributed by atoms with Crippen molar-refractivity contribution in [3.05, 3.63) is 33.1 Å². The predicted molar refractivity (Wildman–Crippen MR) is 74.0 cm³/mol. The first kappa shape index (κ1) is 16.1. The summed E-state index contributed by atoms with van der Waals surface area (Å²) in [7, 11) is 0. The maximum atomic E-state index is 12.2. The molecule has 0 atom stereocenters. The van der Waals surface area contributed by atoms with Crippen molar-refractivity contribution in [2.24, 2.45) is 0 Å². The number of halogens is 6. The fraction of sp³-hybridized carbons (Fsp3) is 0.100. The Balaban J connectivity index is 2.22. The van der Waals surface area contributed by atoms with E-state index in [0.717, 1.165) is 6.07 Å². The highest BCUT2D eigenvalue weighted by Gasteiger charge is 2.31. The Kier molecular flexibility index (Phi) is 4.74. The molecule has 0 amide bonds. The monoisotopic (exact) mass is 402 g/mol. The third kappa shape index (κ3) is 4.58. The van der Waals surface area contributed by atoms with Gasteiger partial charge >= 0.3 is 6.36 Å². The van der Waals surface area contributed by atoms with Gasteiger partial charge in [0, 0.05) is 5.69 Å². The minimum Gasteiger partial charge on any atom is -0.405 e. The maximum Gasteiger partial charge on any atom is 0.573 e. The molecule has 5 nitrogen and oxygen atoms in total. The van der Waals surface area contributed by atoms with E-state index in [4.69, 9.17) is 23.2 Å². The Hall–Kier alpha value is -1.32. The minimum absolute atomic E-state index is 0.0360. The summed E-state index contributed by atoms with van der Waals surface area (Å²) in [5.74, 6) is -0.258. The fourth-order valence-electron chi connectivity index (χ4n) is 1.30. The molecule has 0 fully saturated rings. The average molecular weight is 404 g/mol. The summed E-state index contributed by atoms with van der Waals surface area (Å²) in [5.41, 5.74) is 0.398. The van der Waals surface area contributed by atoms with Crippen LogP contribution in [0.5, 0.6) is 5.75 Å². The van der Waals surface area contributed by atoms with Gasteiger partial charge in [-0.2, -0.15) is 4.98 Å². The van der Waals surface area contributed by atoms with E-state index in [9.17, 15) is 13.2 Å². The second kappa shape index (κ2) is 6.20. The second-order valence-corrected chi connectivity index (χ2v) is 5.09. The van der Waals surface area contributed by atoms with E-state index < -0.39 is 6.36 Å². The van der Waals surface area contributed by atoms with Gasteiger partial charge in [-0.15, -0.1) is 23.4 Å². The van der Waals surface area contributed by atoms with E-state index >= 15 is 0 Å². The van der Waals surface area contributed by atoms with Crippen LogP contribution in [0.2, 0.25) is 10.4 Å². The fourth-order valence-corrected chi connectivity index (χ4v) is 2.00. The van der Waals surface area contributed by atoms with E-state index in [2.05, 4.69) is 41.2 Å². The first-order valence-electron chi connectivity index (χ1n) is 5.12. The molecular weight excluding hydrogens is 400 g/mol. The van der Waals surface area contributed by atoms with Crippen LogP contribution in [-0.2, 0) is 0 Å². The molecule has 2 rings (SSSR count). The van der Waals surface area contributed by atoms with Crippen LogP contribution in [0.15, 0.2) is 22.7 Å². The first-order chi connectivity index (χ1) is 9.74. The zero-order valence-electron chi connectivity index (χ0n) is 9.75. The van der Waals surface area contributed by atoms with Crippen LogP contribution >= 0.6 is 39.1 Å². The van der Waals surface area contributed by atoms with Gasteiger partial charge in [0.25, 0.3) is 0 Å². The topological polar surface area (TPSA) is 59.9 Å². The zero-order chi connectivity index (χ0) is 15.6. The molecule has 21 heavy (non-hydrogen) atoms. The number of hydrogen-bond acceptors (Lipinski definition) is 5. The lowest BCUT2D eigenvalue weighted by atomic mass is 10.3. The molecule has 112 valence electrons. The quantitative estimate of drug-likeness (QED) is 0.812. The molecule has 0 radical (unpaired) electrons. The standard InChI is InChI=1S/C10H4BrCl2F3N4O/c11-5-3-4(1-2-6(5)21-10(14,15)16)17-8-7(12)19-20-9(13)18-8/h1-3H,(H,17,18,20). The van der Waals surface area contributed by atoms with Gasteiger partial charge in [0.1, 0.15) is 5.75 Å². The van der Waals surface area contributed by atoms with Crippen molar-refractivity contribution >= 4 is 50.6 Å². The SMILES string of the molecule is FC(F)(F)Oc1ccc(Nc2nc(Cl)nnc2Cl)cc1Br. The normalized spacial score (nSPS) is 11.3. The Morgan fingerprint density at radius 3 is 2.52 bits per heavy atom. The van der Waals surface area contributed by atoms with Crippen LogP contribution in [0, 0.1) is 0 Å². The number of anilines is 2. The van der Waals surface area contributed by atoms with Gasteiger partial charge in [0.2, 0.25) is 5.28 Å². The molecular formula is C10H4BrCl2F3N4O. The van der Waals surface area contributed by atoms with Crippen LogP contribution in [-0.4, -0.2) is 21.5 Å². The third-order valence-electron chi connectivity index (χ3n) is 2.04. The van der Waals surface area contributed by atoms with Gasteiger partial charge in [-0.3, -0.25) is 0 Å². The number of alkyl halides is 3. The van der Waals surface area contributed by atoms with Crippen molar-refractivity contribution in [1.82, 2.24) is 15.2 Å². The lowest BCUT2D eigenvalue weighted by molar-refractivity contribution is -0.274. The highest BCUT2D eigenvalue weighted by molar-refractivity contribution is 9.10. The van der Waals surface area contributed by atoms with Crippen molar-refractivity contribution < 1.29 is 17.9 Å². The van der Waals surface area contributed by atoms with E-state index in [1.807, 2.05) is 0 Å². The Bertz CT molecular complexity index is 671. The smallest absolute Gasteiger partial charge is 0.405 e. The van der Waals surface area contributed by atoms with Crippen LogP contribution in [0.3, 0.4) is 0 Å². The predicted octanol–water partition coefficient (Wildman–Crippen LogP) is 4.58. The number of aromatic nitrogens is 3. The number of hydrogen-bond donors (Lipinski definition) is 1. The summed E-state index contributed by atoms with van der Waals surface area (Å²) in [4.78, 5) is 3.80. The first-order valence-corrected chi connectivity index (χ1v) is 6.67. The lowest BCUT2D eigenvalue weighted by Crippen LogP contribution is -2.17. The number of ether oxygens (including phenoxy) is 1. The van der Waals surface area contributed by atoms with Crippen molar-refractivity contribution in [3.8, 4) is 5.75 Å². The minimum atomic E-state index is -4.77. The molecule has 0 aliphatic carbocycles. The van der Waals surface area contributed by atoms with Gasteiger partial charge in [0.05, 0.1) is 4.47 Å². The molecule has 0 bridgehead atoms. The van der Waals surface area contributed by atoms with Crippen LogP contribution in [0.4, 0.5) is 24.7 Å². The molecule has 0 unspecified atom stereocenters. The highest BCUT2D eigenvalue weighted by Crippen LogP contribution is 2.33. The summed E-state index contributed by atoms with van der Waals surface area (Å²) in [6.45, 7) is 0. The third-order valence-corrected chi connectivity index (χ3v) is 3.07. The molecule has 2 aromatic rings. The van der Waals surface area contributed by atoms with Crippen molar-refractivity contribution in [3.63, 3.8) is 0 Å². The van der Waals surface area contributed by atoms with E-state index in [1.165, 1.54) is 12.1 Å². The average Bonchev–Trinajstić information content (AvgIpc) is 2.36. The maximum absolute atomic E-state index is 12.2. The van der Waals surface area contributed by atoms with Gasteiger partial charge in [-0.1, -0.05) is 11.6 Å². The molecule has 11 heteroatoms. The molecule has 0 saturated carbocycles. The Labute approximate surface area is 134 Å². The zero-order valence-corrected chi connectivity index (χ0v) is 12.8. The molecule has 1 aromatic carbocycles. The molecule has 1 heterocycles. The largest absolute Gasteiger partial charge is 0.573 e. The highest BCUT2D eigenvalue weighted by atomic mass is 79.9. The molecule has 0 aliphatic heterocycles. The molecule has 0 aliphatic rings. The van der Waals surface area contributed by atoms with E-state index in [0.29, 0.717) is 5.69 Å². The van der Waals surface area contributed by atoms with E-state index in [-0.39, 0.29) is 26.5 Å². The summed E-state index contributed by atoms with van der Waals surface area (Å²) in [6.07, 6.45) is -4.77. The summed E-state index contributed by atoms with van der Waals surface area (Å²) in [5, 5.41) is 9.55. The summed E-state index contributed by atoms with van der Waals surface area (Å²) < 4.78 is 40.4. The Morgan fingerprint density at radius 1 is 1.19 bits per heavy atom. The number of nitrogens with zero attached hydrogens (tertiary/aromatic N) is 3. The summed E-state index contributed by atoms with van der Waals surface area (Å²) in [6, 6.07) is 3.83. The van der Waals surface area contributed by atoms with Gasteiger partial charge < -0.3 is 10.1 Å². The van der Waals surface area contributed by atoms with Crippen molar-refractivity contribution in [2.45, 2.75) is 6.36 Å². The second-order valence-electron chi connectivity index (χ2n) is 3.54. The van der Waals surface area contributed by atoms with Crippen LogP contribution in [0.25, 0.3) is 0 Å². The van der Waals surface area contributed by atoms with Crippen LogP contribution in [0.1, 0.15) is 0 Å². The van der Waals surface area contributed by atoms with Crippen molar-refractivity contribution in [1.29, 1.82) is 0 Å². The number of rotatable bonds is 3. The number of benzene rings is 1.